The van der Waals surface area contributed by atoms with E-state index in [0.717, 1.165) is 16.3 Å². The lowest BCUT2D eigenvalue weighted by atomic mass is 10.1. The summed E-state index contributed by atoms with van der Waals surface area (Å²) in [5, 5.41) is 1.94. The molecule has 0 aliphatic carbocycles. The summed E-state index contributed by atoms with van der Waals surface area (Å²) >= 11 is 0. The highest BCUT2D eigenvalue weighted by molar-refractivity contribution is 5.89. The molecule has 0 saturated heterocycles. The highest BCUT2D eigenvalue weighted by atomic mass is 16.5. The first-order valence-electron chi connectivity index (χ1n) is 8.49. The molecule has 138 valence electrons. The van der Waals surface area contributed by atoms with Crippen molar-refractivity contribution in [3.63, 3.8) is 0 Å². The van der Waals surface area contributed by atoms with Gasteiger partial charge in [-0.15, -0.1) is 0 Å². The van der Waals surface area contributed by atoms with Gasteiger partial charge in [-0.05, 0) is 36.1 Å². The highest BCUT2D eigenvalue weighted by Gasteiger charge is 2.08. The Hall–Kier alpha value is -3.54. The van der Waals surface area contributed by atoms with Gasteiger partial charge in [0, 0.05) is 5.39 Å². The van der Waals surface area contributed by atoms with Crippen molar-refractivity contribution in [1.82, 2.24) is 10.9 Å². The van der Waals surface area contributed by atoms with Gasteiger partial charge in [0.1, 0.15) is 11.5 Å². The van der Waals surface area contributed by atoms with E-state index >= 15 is 0 Å². The van der Waals surface area contributed by atoms with Crippen molar-refractivity contribution in [3.05, 3.63) is 72.3 Å². The molecule has 6 nitrogen and oxygen atoms in total. The van der Waals surface area contributed by atoms with Gasteiger partial charge >= 0.3 is 0 Å². The summed E-state index contributed by atoms with van der Waals surface area (Å²) in [5.41, 5.74) is 5.64. The predicted molar refractivity (Wildman–Crippen MR) is 102 cm³/mol. The molecule has 2 N–H and O–H groups in total. The number of ether oxygens (including phenoxy) is 2. The first-order chi connectivity index (χ1) is 13.1. The van der Waals surface area contributed by atoms with Crippen molar-refractivity contribution in [2.24, 2.45) is 0 Å². The third kappa shape index (κ3) is 5.22. The van der Waals surface area contributed by atoms with Crippen LogP contribution in [-0.4, -0.2) is 25.0 Å². The van der Waals surface area contributed by atoms with Crippen LogP contribution >= 0.6 is 0 Å². The molecule has 3 aromatic carbocycles. The van der Waals surface area contributed by atoms with Crippen LogP contribution in [0.4, 0.5) is 0 Å². The minimum atomic E-state index is -0.466. The van der Waals surface area contributed by atoms with Gasteiger partial charge in [-0.25, -0.2) is 0 Å². The molecule has 0 aromatic heterocycles. The van der Waals surface area contributed by atoms with Gasteiger partial charge in [-0.3, -0.25) is 20.4 Å². The molecule has 0 atom stereocenters. The topological polar surface area (TPSA) is 76.7 Å². The molecule has 0 radical (unpaired) electrons. The van der Waals surface area contributed by atoms with Crippen LogP contribution in [0.2, 0.25) is 0 Å². The fourth-order valence-electron chi connectivity index (χ4n) is 2.53. The average molecular weight is 364 g/mol. The Balaban J connectivity index is 1.43. The monoisotopic (exact) mass is 364 g/mol. The number of hydrogen-bond donors (Lipinski definition) is 2. The average Bonchev–Trinajstić information content (AvgIpc) is 2.69. The van der Waals surface area contributed by atoms with Crippen molar-refractivity contribution in [2.45, 2.75) is 6.92 Å². The SMILES string of the molecule is Cc1cccc(OCC(=O)NNC(=O)COc2cccc3ccccc23)c1. The summed E-state index contributed by atoms with van der Waals surface area (Å²) in [6, 6.07) is 20.7. The highest BCUT2D eigenvalue weighted by Crippen LogP contribution is 2.24. The fraction of sp³-hybridized carbons (Fsp3) is 0.143. The largest absolute Gasteiger partial charge is 0.484 e. The van der Waals surface area contributed by atoms with Gasteiger partial charge in [-0.2, -0.15) is 0 Å². The second kappa shape index (κ2) is 8.71. The Bertz CT molecular complexity index is 950. The number of amides is 2. The lowest BCUT2D eigenvalue weighted by Gasteiger charge is -2.11. The fourth-order valence-corrected chi connectivity index (χ4v) is 2.53. The molecule has 0 fully saturated rings. The van der Waals surface area contributed by atoms with E-state index in [1.165, 1.54) is 0 Å². The lowest BCUT2D eigenvalue weighted by molar-refractivity contribution is -0.130. The van der Waals surface area contributed by atoms with Gasteiger partial charge in [0.2, 0.25) is 0 Å². The molecule has 0 bridgehead atoms. The van der Waals surface area contributed by atoms with Gasteiger partial charge in [0.15, 0.2) is 13.2 Å². The van der Waals surface area contributed by atoms with Crippen LogP contribution in [0.15, 0.2) is 66.7 Å². The summed E-state index contributed by atoms with van der Waals surface area (Å²) < 4.78 is 10.9. The zero-order valence-electron chi connectivity index (χ0n) is 14.9. The van der Waals surface area contributed by atoms with Gasteiger partial charge in [0.25, 0.3) is 11.8 Å². The van der Waals surface area contributed by atoms with Crippen LogP contribution in [-0.2, 0) is 9.59 Å². The van der Waals surface area contributed by atoms with Crippen molar-refractivity contribution in [3.8, 4) is 11.5 Å². The van der Waals surface area contributed by atoms with E-state index in [-0.39, 0.29) is 13.2 Å². The molecule has 3 rings (SSSR count). The van der Waals surface area contributed by atoms with Crippen LogP contribution < -0.4 is 20.3 Å². The number of hydrogen-bond acceptors (Lipinski definition) is 4. The number of benzene rings is 3. The normalized spacial score (nSPS) is 10.3. The van der Waals surface area contributed by atoms with Crippen LogP contribution in [0, 0.1) is 6.92 Å². The molecule has 0 unspecified atom stereocenters. The van der Waals surface area contributed by atoms with Crippen LogP contribution in [0.5, 0.6) is 11.5 Å². The number of hydrazine groups is 1. The summed E-state index contributed by atoms with van der Waals surface area (Å²) in [5.74, 6) is 0.273. The molecular weight excluding hydrogens is 344 g/mol. The molecule has 0 heterocycles. The van der Waals surface area contributed by atoms with Crippen molar-refractivity contribution < 1.29 is 19.1 Å². The summed E-state index contributed by atoms with van der Waals surface area (Å²) in [7, 11) is 0. The smallest absolute Gasteiger partial charge is 0.276 e. The molecule has 0 saturated carbocycles. The molecule has 6 heteroatoms. The first-order valence-corrected chi connectivity index (χ1v) is 8.49. The Kier molecular flexibility index (Phi) is 5.89. The van der Waals surface area contributed by atoms with Crippen LogP contribution in [0.1, 0.15) is 5.56 Å². The number of nitrogens with one attached hydrogen (secondary N) is 2. The Morgan fingerprint density at radius 2 is 1.48 bits per heavy atom. The van der Waals surface area contributed by atoms with E-state index in [1.54, 1.807) is 12.1 Å². The van der Waals surface area contributed by atoms with Crippen molar-refractivity contribution in [2.75, 3.05) is 13.2 Å². The van der Waals surface area contributed by atoms with Crippen LogP contribution in [0.25, 0.3) is 10.8 Å². The third-order valence-corrected chi connectivity index (χ3v) is 3.81. The molecule has 2 amide bonds. The van der Waals surface area contributed by atoms with E-state index in [1.807, 2.05) is 61.5 Å². The van der Waals surface area contributed by atoms with E-state index in [2.05, 4.69) is 10.9 Å². The van der Waals surface area contributed by atoms with Gasteiger partial charge in [0.05, 0.1) is 0 Å². The molecule has 3 aromatic rings. The predicted octanol–water partition coefficient (Wildman–Crippen LogP) is 2.75. The van der Waals surface area contributed by atoms with Gasteiger partial charge in [-0.1, -0.05) is 48.5 Å². The van der Waals surface area contributed by atoms with Gasteiger partial charge < -0.3 is 9.47 Å². The molecule has 0 spiro atoms. The number of carbonyl (C=O) groups is 2. The van der Waals surface area contributed by atoms with E-state index in [4.69, 9.17) is 9.47 Å². The first kappa shape index (κ1) is 18.3. The van der Waals surface area contributed by atoms with Crippen LogP contribution in [0.3, 0.4) is 0 Å². The molecule has 0 aliphatic rings. The maximum atomic E-state index is 11.9. The molecule has 0 aliphatic heterocycles. The lowest BCUT2D eigenvalue weighted by Crippen LogP contribution is -2.45. The van der Waals surface area contributed by atoms with Crippen molar-refractivity contribution >= 4 is 22.6 Å². The number of aryl methyl sites for hydroxylation is 1. The standard InChI is InChI=1S/C21H20N2O4/c1-15-6-4-9-17(12-15)26-13-20(24)22-23-21(25)14-27-19-11-5-8-16-7-2-3-10-18(16)19/h2-12H,13-14H2,1H3,(H,22,24)(H,23,25). The van der Waals surface area contributed by atoms with E-state index in [0.29, 0.717) is 11.5 Å². The zero-order chi connectivity index (χ0) is 19.1. The summed E-state index contributed by atoms with van der Waals surface area (Å²) in [6.45, 7) is 1.52. The quantitative estimate of drug-likeness (QED) is 0.660. The zero-order valence-corrected chi connectivity index (χ0v) is 14.9. The number of fused-ring (bicyclic) bond motifs is 1. The minimum Gasteiger partial charge on any atom is -0.484 e. The van der Waals surface area contributed by atoms with E-state index < -0.39 is 11.8 Å². The summed E-state index contributed by atoms with van der Waals surface area (Å²) in [6.07, 6.45) is 0. The second-order valence-corrected chi connectivity index (χ2v) is 5.97. The molecule has 27 heavy (non-hydrogen) atoms. The maximum Gasteiger partial charge on any atom is 0.276 e. The van der Waals surface area contributed by atoms with E-state index in [9.17, 15) is 9.59 Å². The Morgan fingerprint density at radius 3 is 2.26 bits per heavy atom. The summed E-state index contributed by atoms with van der Waals surface area (Å²) in [4.78, 5) is 23.6. The number of carbonyl (C=O) groups excluding carboxylic acids is 2. The third-order valence-electron chi connectivity index (χ3n) is 3.81. The Morgan fingerprint density at radius 1 is 0.815 bits per heavy atom. The number of rotatable bonds is 6. The van der Waals surface area contributed by atoms with Crippen molar-refractivity contribution in [1.29, 1.82) is 0 Å². The molecular formula is C21H20N2O4. The minimum absolute atomic E-state index is 0.200. The second-order valence-electron chi connectivity index (χ2n) is 5.97. The maximum absolute atomic E-state index is 11.9. The Labute approximate surface area is 157 Å².